The Labute approximate surface area is 289 Å². The Morgan fingerprint density at radius 1 is 0.918 bits per heavy atom. The molecule has 2 atom stereocenters. The van der Waals surface area contributed by atoms with Crippen LogP contribution < -0.4 is 31.6 Å². The highest BCUT2D eigenvalue weighted by molar-refractivity contribution is 5.91. The number of hydrogen-bond acceptors (Lipinski definition) is 10. The van der Waals surface area contributed by atoms with Gasteiger partial charge in [-0.1, -0.05) is 36.4 Å². The SMILES string of the molecule is COc1ccc(CCN(CC(=O)N(CC(=O)N(CCCCN)CC(N)=O)Cc2ccccc2)C(=O)[C@H](CO)NCC2CCCN2)cc1OC. The smallest absolute Gasteiger partial charge is 0.242 e. The minimum absolute atomic E-state index is 0.103. The fourth-order valence-corrected chi connectivity index (χ4v) is 5.72. The van der Waals surface area contributed by atoms with Gasteiger partial charge in [-0.2, -0.15) is 0 Å². The summed E-state index contributed by atoms with van der Waals surface area (Å²) in [4.78, 5) is 57.5. The Morgan fingerprint density at radius 2 is 1.63 bits per heavy atom. The van der Waals surface area contributed by atoms with Crippen LogP contribution >= 0.6 is 0 Å². The van der Waals surface area contributed by atoms with Crippen molar-refractivity contribution in [3.8, 4) is 11.5 Å². The van der Waals surface area contributed by atoms with Crippen molar-refractivity contribution in [2.24, 2.45) is 11.5 Å². The molecule has 0 aromatic heterocycles. The summed E-state index contributed by atoms with van der Waals surface area (Å²) >= 11 is 0. The first-order chi connectivity index (χ1) is 23.7. The molecule has 49 heavy (non-hydrogen) atoms. The number of carbonyl (C=O) groups is 4. The van der Waals surface area contributed by atoms with Crippen LogP contribution in [0.4, 0.5) is 0 Å². The number of rotatable bonds is 22. The number of primary amides is 1. The number of unbranched alkanes of at least 4 members (excludes halogenated alkanes) is 1. The summed E-state index contributed by atoms with van der Waals surface area (Å²) in [6, 6.07) is 13.9. The van der Waals surface area contributed by atoms with E-state index in [-0.39, 0.29) is 45.3 Å². The van der Waals surface area contributed by atoms with Crippen LogP contribution in [0.25, 0.3) is 0 Å². The number of amides is 4. The molecule has 3 rings (SSSR count). The van der Waals surface area contributed by atoms with Gasteiger partial charge in [0.15, 0.2) is 11.5 Å². The zero-order valence-electron chi connectivity index (χ0n) is 28.8. The number of benzene rings is 2. The molecule has 1 aliphatic heterocycles. The third-order valence-electron chi connectivity index (χ3n) is 8.49. The fourth-order valence-electron chi connectivity index (χ4n) is 5.72. The summed E-state index contributed by atoms with van der Waals surface area (Å²) in [6.07, 6.45) is 3.61. The van der Waals surface area contributed by atoms with Gasteiger partial charge in [0, 0.05) is 32.2 Å². The Morgan fingerprint density at radius 3 is 2.27 bits per heavy atom. The quantitative estimate of drug-likeness (QED) is 0.104. The Hall–Kier alpha value is -4.24. The zero-order chi connectivity index (χ0) is 35.6. The maximum absolute atomic E-state index is 14.1. The Kier molecular flexibility index (Phi) is 16.8. The topological polar surface area (TPSA) is 193 Å². The number of ether oxygens (including phenoxy) is 2. The molecule has 14 nitrogen and oxygen atoms in total. The van der Waals surface area contributed by atoms with Gasteiger partial charge in [-0.3, -0.25) is 19.2 Å². The van der Waals surface area contributed by atoms with Crippen LogP contribution in [-0.2, 0) is 32.1 Å². The van der Waals surface area contributed by atoms with Gasteiger partial charge in [-0.15, -0.1) is 0 Å². The van der Waals surface area contributed by atoms with Crippen LogP contribution in [0, 0.1) is 0 Å². The Balaban J connectivity index is 1.86. The van der Waals surface area contributed by atoms with Crippen LogP contribution in [0.15, 0.2) is 48.5 Å². The van der Waals surface area contributed by atoms with Gasteiger partial charge in [0.25, 0.3) is 0 Å². The predicted octanol–water partition coefficient (Wildman–Crippen LogP) is -0.141. The van der Waals surface area contributed by atoms with Crippen molar-refractivity contribution < 1.29 is 33.8 Å². The van der Waals surface area contributed by atoms with E-state index in [1.807, 2.05) is 42.5 Å². The molecular formula is C35H53N7O7. The van der Waals surface area contributed by atoms with Gasteiger partial charge in [0.05, 0.1) is 33.9 Å². The molecule has 270 valence electrons. The van der Waals surface area contributed by atoms with Crippen molar-refractivity contribution in [2.45, 2.75) is 50.7 Å². The highest BCUT2D eigenvalue weighted by Gasteiger charge is 2.30. The number of hydrogen-bond donors (Lipinski definition) is 5. The van der Waals surface area contributed by atoms with E-state index < -0.39 is 36.3 Å². The lowest BCUT2D eigenvalue weighted by atomic mass is 10.1. The molecule has 1 heterocycles. The number of carbonyl (C=O) groups excluding carboxylic acids is 4. The lowest BCUT2D eigenvalue weighted by Gasteiger charge is -2.31. The molecule has 2 aromatic rings. The van der Waals surface area contributed by atoms with Crippen molar-refractivity contribution >= 4 is 23.6 Å². The van der Waals surface area contributed by atoms with Gasteiger partial charge in [0.1, 0.15) is 12.6 Å². The number of nitrogens with two attached hydrogens (primary N) is 2. The van der Waals surface area contributed by atoms with E-state index in [4.69, 9.17) is 20.9 Å². The van der Waals surface area contributed by atoms with Gasteiger partial charge >= 0.3 is 0 Å². The van der Waals surface area contributed by atoms with Crippen molar-refractivity contribution in [3.63, 3.8) is 0 Å². The van der Waals surface area contributed by atoms with E-state index in [0.717, 1.165) is 30.5 Å². The first-order valence-electron chi connectivity index (χ1n) is 16.8. The Bertz CT molecular complexity index is 1340. The minimum atomic E-state index is -0.932. The number of aliphatic hydroxyl groups is 1. The normalized spacial score (nSPS) is 14.6. The summed E-state index contributed by atoms with van der Waals surface area (Å²) in [5.41, 5.74) is 12.7. The summed E-state index contributed by atoms with van der Waals surface area (Å²) in [7, 11) is 3.09. The molecule has 14 heteroatoms. The lowest BCUT2D eigenvalue weighted by Crippen LogP contribution is -2.54. The lowest BCUT2D eigenvalue weighted by molar-refractivity contribution is -0.146. The van der Waals surface area contributed by atoms with Crippen molar-refractivity contribution in [1.82, 2.24) is 25.3 Å². The maximum atomic E-state index is 14.1. The molecule has 0 aliphatic carbocycles. The number of nitrogens with zero attached hydrogens (tertiary/aromatic N) is 3. The molecule has 0 radical (unpaired) electrons. The molecule has 7 N–H and O–H groups in total. The van der Waals surface area contributed by atoms with Crippen LogP contribution in [0.3, 0.4) is 0 Å². The first-order valence-corrected chi connectivity index (χ1v) is 16.8. The van der Waals surface area contributed by atoms with Gasteiger partial charge in [-0.05, 0) is 68.5 Å². The maximum Gasteiger partial charge on any atom is 0.242 e. The van der Waals surface area contributed by atoms with E-state index in [9.17, 15) is 24.3 Å². The third kappa shape index (κ3) is 13.0. The van der Waals surface area contributed by atoms with E-state index in [2.05, 4.69) is 10.6 Å². The van der Waals surface area contributed by atoms with E-state index in [1.54, 1.807) is 13.2 Å². The van der Waals surface area contributed by atoms with Crippen molar-refractivity contribution in [3.05, 3.63) is 59.7 Å². The van der Waals surface area contributed by atoms with Gasteiger partial charge < -0.3 is 51.4 Å². The molecule has 2 aromatic carbocycles. The van der Waals surface area contributed by atoms with E-state index in [0.29, 0.717) is 43.9 Å². The van der Waals surface area contributed by atoms with Crippen LogP contribution in [0.2, 0.25) is 0 Å². The average molecular weight is 684 g/mol. The second-order valence-corrected chi connectivity index (χ2v) is 12.1. The van der Waals surface area contributed by atoms with Crippen LogP contribution in [0.5, 0.6) is 11.5 Å². The first kappa shape index (κ1) is 39.2. The van der Waals surface area contributed by atoms with Gasteiger partial charge in [0.2, 0.25) is 23.6 Å². The molecule has 1 saturated heterocycles. The summed E-state index contributed by atoms with van der Waals surface area (Å²) in [5, 5.41) is 16.8. The standard InChI is InChI=1S/C35H53N7O7/c1-48-30-13-12-26(19-31(30)49-2)14-18-41(35(47)29(25-43)39-20-28-11-8-16-38-28)23-34(46)42(21-27-9-4-3-5-10-27)24-33(45)40(22-32(37)44)17-7-6-15-36/h3-5,9-10,12-13,19,28-29,38-39,43H,6-8,11,14-18,20-25,36H2,1-2H3,(H2,37,44)/t28?,29-/m0/s1. The van der Waals surface area contributed by atoms with Gasteiger partial charge in [-0.25, -0.2) is 0 Å². The molecule has 0 spiro atoms. The van der Waals surface area contributed by atoms with Crippen LogP contribution in [-0.4, -0.2) is 129 Å². The van der Waals surface area contributed by atoms with Crippen LogP contribution in [0.1, 0.15) is 36.8 Å². The molecule has 0 saturated carbocycles. The highest BCUT2D eigenvalue weighted by Crippen LogP contribution is 2.27. The zero-order valence-corrected chi connectivity index (χ0v) is 28.8. The number of aliphatic hydroxyl groups excluding tert-OH is 1. The highest BCUT2D eigenvalue weighted by atomic mass is 16.5. The van der Waals surface area contributed by atoms with Crippen molar-refractivity contribution in [1.29, 1.82) is 0 Å². The minimum Gasteiger partial charge on any atom is -0.493 e. The molecular weight excluding hydrogens is 630 g/mol. The summed E-state index contributed by atoms with van der Waals surface area (Å²) in [6.45, 7) is 0.943. The monoisotopic (exact) mass is 683 g/mol. The molecule has 1 fully saturated rings. The third-order valence-corrected chi connectivity index (χ3v) is 8.49. The number of nitrogens with one attached hydrogen (secondary N) is 2. The number of methoxy groups -OCH3 is 2. The average Bonchev–Trinajstić information content (AvgIpc) is 3.63. The molecule has 4 amide bonds. The second-order valence-electron chi connectivity index (χ2n) is 12.1. The predicted molar refractivity (Wildman–Crippen MR) is 186 cm³/mol. The summed E-state index contributed by atoms with van der Waals surface area (Å²) in [5.74, 6) is -0.904. The molecule has 1 aliphatic rings. The molecule has 0 bridgehead atoms. The van der Waals surface area contributed by atoms with E-state index in [1.165, 1.54) is 21.8 Å². The molecule has 1 unspecified atom stereocenters. The fraction of sp³-hybridized carbons (Fsp3) is 0.543. The largest absolute Gasteiger partial charge is 0.493 e. The summed E-state index contributed by atoms with van der Waals surface area (Å²) < 4.78 is 10.8. The second kappa shape index (κ2) is 21.0. The van der Waals surface area contributed by atoms with E-state index >= 15 is 0 Å². The van der Waals surface area contributed by atoms with Crippen molar-refractivity contribution in [2.75, 3.05) is 73.2 Å².